The Kier molecular flexibility index (Phi) is 18.0. The zero-order valence-electron chi connectivity index (χ0n) is 41.2. The third-order valence-corrected chi connectivity index (χ3v) is 13.4. The summed E-state index contributed by atoms with van der Waals surface area (Å²) in [6.45, 7) is 0. The summed E-state index contributed by atoms with van der Waals surface area (Å²) in [5.41, 5.74) is 15.2. The predicted octanol–water partition coefficient (Wildman–Crippen LogP) is 11.3. The summed E-state index contributed by atoms with van der Waals surface area (Å²) in [6.07, 6.45) is 12.5. The topological polar surface area (TPSA) is 295 Å². The van der Waals surface area contributed by atoms with E-state index in [0.29, 0.717) is 48.5 Å². The minimum absolute atomic E-state index is 0.113. The quantitative estimate of drug-likeness (QED) is 0.0689. The summed E-state index contributed by atoms with van der Waals surface area (Å²) in [6, 6.07) is 33.9. The van der Waals surface area contributed by atoms with E-state index < -0.39 is 5.97 Å². The van der Waals surface area contributed by atoms with Crippen molar-refractivity contribution in [3.63, 3.8) is 0 Å². The summed E-state index contributed by atoms with van der Waals surface area (Å²) in [5.74, 6) is 0.253. The molecule has 20 nitrogen and oxygen atoms in total. The average molecular weight is 1160 g/mol. The van der Waals surface area contributed by atoms with Crippen LogP contribution in [0.2, 0.25) is 25.8 Å². The molecule has 0 saturated heterocycles. The molecule has 9 aromatic heterocycles. The molecule has 2 atom stereocenters. The third kappa shape index (κ3) is 14.0. The van der Waals surface area contributed by atoms with Crippen LogP contribution >= 0.6 is 58.0 Å². The Morgan fingerprint density at radius 3 is 1.66 bits per heavy atom. The summed E-state index contributed by atoms with van der Waals surface area (Å²) < 4.78 is 0. The molecular formula is C54H43Cl5N16O4. The summed E-state index contributed by atoms with van der Waals surface area (Å²) in [5, 5.41) is 17.1. The largest absolute Gasteiger partial charge is 0.476 e. The molecule has 0 aliphatic heterocycles. The van der Waals surface area contributed by atoms with Gasteiger partial charge in [0.15, 0.2) is 28.0 Å². The van der Waals surface area contributed by atoms with Crippen LogP contribution in [0.5, 0.6) is 0 Å². The maximum absolute atomic E-state index is 11.6. The smallest absolute Gasteiger partial charge is 0.356 e. The number of benzene rings is 2. The van der Waals surface area contributed by atoms with E-state index in [9.17, 15) is 14.4 Å². The van der Waals surface area contributed by atoms with Gasteiger partial charge in [-0.1, -0.05) is 107 Å². The van der Waals surface area contributed by atoms with Crippen LogP contribution < -0.4 is 27.5 Å². The lowest BCUT2D eigenvalue weighted by molar-refractivity contribution is 0.0691. The van der Waals surface area contributed by atoms with Gasteiger partial charge in [0.1, 0.15) is 56.1 Å². The Labute approximate surface area is 473 Å². The summed E-state index contributed by atoms with van der Waals surface area (Å²) in [4.78, 5) is 82.8. The van der Waals surface area contributed by atoms with Gasteiger partial charge in [0.05, 0.1) is 46.2 Å². The molecule has 25 heteroatoms. The molecule has 398 valence electrons. The first kappa shape index (κ1) is 55.2. The van der Waals surface area contributed by atoms with Gasteiger partial charge in [-0.05, 0) is 115 Å². The molecule has 7 N–H and O–H groups in total. The lowest BCUT2D eigenvalue weighted by Crippen LogP contribution is -2.18. The number of anilines is 3. The van der Waals surface area contributed by atoms with Gasteiger partial charge in [0, 0.05) is 6.07 Å². The van der Waals surface area contributed by atoms with Crippen molar-refractivity contribution in [1.29, 1.82) is 0 Å². The highest BCUT2D eigenvalue weighted by molar-refractivity contribution is 6.34. The molecule has 0 fully saturated rings. The lowest BCUT2D eigenvalue weighted by Gasteiger charge is -2.27. The van der Waals surface area contributed by atoms with Gasteiger partial charge >= 0.3 is 5.97 Å². The zero-order valence-corrected chi connectivity index (χ0v) is 44.9. The van der Waals surface area contributed by atoms with E-state index in [1.807, 2.05) is 6.07 Å². The number of hydrogen-bond acceptors (Lipinski definition) is 17. The monoisotopic (exact) mass is 1150 g/mol. The fourth-order valence-corrected chi connectivity index (χ4v) is 9.44. The second-order valence-corrected chi connectivity index (χ2v) is 19.3. The maximum Gasteiger partial charge on any atom is 0.356 e. The third-order valence-electron chi connectivity index (χ3n) is 12.3. The number of aromatic nitrogens is 13. The van der Waals surface area contributed by atoms with Gasteiger partial charge in [0.2, 0.25) is 5.56 Å². The number of H-pyrrole nitrogens is 2. The molecule has 0 saturated carbocycles. The minimum Gasteiger partial charge on any atom is -0.476 e. The highest BCUT2D eigenvalue weighted by Gasteiger charge is 2.23. The Morgan fingerprint density at radius 1 is 0.544 bits per heavy atom. The Bertz CT molecular complexity index is 4120. The van der Waals surface area contributed by atoms with Gasteiger partial charge < -0.3 is 31.4 Å². The van der Waals surface area contributed by atoms with Gasteiger partial charge in [-0.25, -0.2) is 59.6 Å². The number of aromatic amines is 2. The number of halogens is 5. The van der Waals surface area contributed by atoms with Crippen molar-refractivity contribution in [3.8, 4) is 0 Å². The number of aryl methyl sites for hydroxylation is 2. The Morgan fingerprint density at radius 2 is 1.04 bits per heavy atom. The normalized spacial score (nSPS) is 14.1. The number of hydrogen-bond donors (Lipinski definition) is 6. The standard InChI is InChI=1S/C17H15ClN4.C17H16N4O.C7H3Cl2N3.C7H4ClN3O.C6H5ClN2O2/c18-15-9-8-14-16(22-15)17(20-10-19-14)21-13-7-3-5-11-4-1-2-6-12(11)13;22-15-9-8-14-16(21-15)17(19-10-18-14)20-13-7-3-5-11-4-1-2-6-12(11)13;8-5-2-1-4-6(12-5)7(9)11-3-10-4;8-5-2-1-4-6(11-5)7(12)10-3-9-4;7-4-2-1-3(8)5(9-4)6(10)11/h1-2,4,6,8-10,13H,3,5,7H2,(H,19,20,21);1-2,4,6,8-10,13H,3,5,7H2,(H,21,22)(H,18,19,20);1-3H;1-3H,(H,9,10,12);1-2H,8H2,(H,10,11)/t2*13-;;;/m00.../s1. The van der Waals surface area contributed by atoms with Crippen LogP contribution in [-0.4, -0.2) is 75.9 Å². The highest BCUT2D eigenvalue weighted by Crippen LogP contribution is 2.35. The summed E-state index contributed by atoms with van der Waals surface area (Å²) >= 11 is 28.5. The van der Waals surface area contributed by atoms with E-state index in [2.05, 4.69) is 124 Å². The van der Waals surface area contributed by atoms with Crippen LogP contribution in [0.3, 0.4) is 0 Å². The van der Waals surface area contributed by atoms with Gasteiger partial charge in [-0.15, -0.1) is 0 Å². The first-order valence-corrected chi connectivity index (χ1v) is 26.0. The molecule has 0 amide bonds. The molecular weight excluding hydrogens is 1110 g/mol. The van der Waals surface area contributed by atoms with Crippen LogP contribution in [-0.2, 0) is 12.8 Å². The van der Waals surface area contributed by atoms with E-state index in [-0.39, 0.29) is 45.3 Å². The number of nitrogens with two attached hydrogens (primary N) is 1. The van der Waals surface area contributed by atoms with Crippen molar-refractivity contribution in [2.75, 3.05) is 16.4 Å². The molecule has 9 heterocycles. The van der Waals surface area contributed by atoms with Crippen LogP contribution in [0, 0.1) is 0 Å². The van der Waals surface area contributed by atoms with E-state index in [1.54, 1.807) is 42.7 Å². The molecule has 2 aliphatic carbocycles. The fraction of sp³-hybridized carbons (Fsp3) is 0.148. The molecule has 0 bridgehead atoms. The van der Waals surface area contributed by atoms with Crippen LogP contribution in [0.15, 0.2) is 144 Å². The van der Waals surface area contributed by atoms with Crippen molar-refractivity contribution < 1.29 is 9.90 Å². The molecule has 0 spiro atoms. The fourth-order valence-electron chi connectivity index (χ4n) is 8.67. The number of carboxylic acid groups (broad SMARTS) is 1. The minimum atomic E-state index is -1.18. The molecule has 0 unspecified atom stereocenters. The molecule has 11 aromatic rings. The van der Waals surface area contributed by atoms with E-state index in [0.717, 1.165) is 54.5 Å². The number of carbonyl (C=O) groups is 1. The van der Waals surface area contributed by atoms with Crippen molar-refractivity contribution in [1.82, 2.24) is 64.8 Å². The SMILES string of the molecule is Clc1ccc2ncnc(Cl)c2n1.Clc1ccc2ncnc(N[C@H]3CCCc4ccccc43)c2n1.Nc1ccc(Cl)nc1C(=O)O.O=c1[nH]cnc2ccc(Cl)nc12.O=c1ccc2ncnc(N[C@H]3CCCc4ccccc43)c2[nH]1. The molecule has 0 radical (unpaired) electrons. The zero-order chi connectivity index (χ0) is 55.4. The summed E-state index contributed by atoms with van der Waals surface area (Å²) in [7, 11) is 0. The second kappa shape index (κ2) is 25.7. The van der Waals surface area contributed by atoms with E-state index in [1.165, 1.54) is 65.9 Å². The molecule has 79 heavy (non-hydrogen) atoms. The van der Waals surface area contributed by atoms with Crippen molar-refractivity contribution >= 4 is 125 Å². The predicted molar refractivity (Wildman–Crippen MR) is 307 cm³/mol. The van der Waals surface area contributed by atoms with Gasteiger partial charge in [-0.3, -0.25) is 9.59 Å². The number of nitrogens with zero attached hydrogens (tertiary/aromatic N) is 11. The van der Waals surface area contributed by atoms with Crippen molar-refractivity contribution in [2.24, 2.45) is 0 Å². The van der Waals surface area contributed by atoms with Crippen molar-refractivity contribution in [3.05, 3.63) is 209 Å². The number of rotatable bonds is 5. The number of fused-ring (bicyclic) bond motifs is 6. The van der Waals surface area contributed by atoms with E-state index in [4.69, 9.17) is 68.8 Å². The second-order valence-electron chi connectivity index (χ2n) is 17.4. The molecule has 2 aliphatic rings. The molecule has 2 aromatic carbocycles. The maximum atomic E-state index is 11.6. The number of pyridine rings is 5. The Balaban J connectivity index is 0.000000124. The number of nitrogen functional groups attached to an aromatic ring is 1. The highest BCUT2D eigenvalue weighted by atomic mass is 35.5. The number of aromatic carboxylic acids is 1. The Hall–Kier alpha value is -8.53. The van der Waals surface area contributed by atoms with Crippen molar-refractivity contribution in [2.45, 2.75) is 50.6 Å². The van der Waals surface area contributed by atoms with Gasteiger partial charge in [0.25, 0.3) is 5.56 Å². The first-order chi connectivity index (χ1) is 38.3. The van der Waals surface area contributed by atoms with Gasteiger partial charge in [-0.2, -0.15) is 0 Å². The van der Waals surface area contributed by atoms with Crippen LogP contribution in [0.4, 0.5) is 17.3 Å². The average Bonchev–Trinajstić information content (AvgIpc) is 3.48. The number of nitrogens with one attached hydrogen (secondary N) is 4. The number of carboxylic acids is 1. The first-order valence-electron chi connectivity index (χ1n) is 24.2. The van der Waals surface area contributed by atoms with E-state index >= 15 is 0 Å². The lowest BCUT2D eigenvalue weighted by atomic mass is 9.88. The molecule has 13 rings (SSSR count). The van der Waals surface area contributed by atoms with Crippen LogP contribution in [0.1, 0.15) is 70.5 Å². The van der Waals surface area contributed by atoms with Crippen LogP contribution in [0.25, 0.3) is 44.1 Å².